The van der Waals surface area contributed by atoms with Crippen molar-refractivity contribution in [3.8, 4) is 10.9 Å². The molecule has 0 heterocycles. The van der Waals surface area contributed by atoms with Gasteiger partial charge in [-0.2, -0.15) is 0 Å². The average Bonchev–Trinajstić information content (AvgIpc) is 2.83. The molecule has 3 heteroatoms. The molecule has 0 aliphatic carbocycles. The normalized spacial score (nSPS) is 12.4. The van der Waals surface area contributed by atoms with Gasteiger partial charge >= 0.3 is 198 Å². The molecule has 0 nitrogen and oxygen atoms in total. The molecule has 0 saturated heterocycles. The third-order valence-electron chi connectivity index (χ3n) is 5.81. The van der Waals surface area contributed by atoms with Crippen LogP contribution in [-0.4, -0.2) is 24.2 Å². The molecule has 0 atom stereocenters. The standard InChI is InChI=1S/C28H32ClPS/c1-2-31-25-24-30(29,21-18-26-12-6-3-7-13-26,22-19-27-14-8-4-9-15-27)23-20-28-16-10-5-11-17-28/h3-17H,2,18-23H2,1H3. The van der Waals surface area contributed by atoms with Crippen LogP contribution in [0.25, 0.3) is 0 Å². The summed E-state index contributed by atoms with van der Waals surface area (Å²) in [5.41, 5.74) is 7.78. The Kier molecular flexibility index (Phi) is 9.10. The maximum absolute atomic E-state index is 7.83. The van der Waals surface area contributed by atoms with Crippen LogP contribution in [0.5, 0.6) is 0 Å². The zero-order valence-electron chi connectivity index (χ0n) is 18.3. The third-order valence-corrected chi connectivity index (χ3v) is 12.7. The van der Waals surface area contributed by atoms with E-state index in [1.807, 2.05) is 0 Å². The first-order chi connectivity index (χ1) is 15.1. The number of aryl methyl sites for hydroxylation is 3. The Morgan fingerprint density at radius 1 is 0.645 bits per heavy atom. The van der Waals surface area contributed by atoms with Crippen LogP contribution >= 0.6 is 29.0 Å². The fourth-order valence-electron chi connectivity index (χ4n) is 3.81. The van der Waals surface area contributed by atoms with Crippen LogP contribution in [-0.2, 0) is 19.3 Å². The van der Waals surface area contributed by atoms with Gasteiger partial charge in [-0.05, 0) is 0 Å². The van der Waals surface area contributed by atoms with Crippen molar-refractivity contribution in [2.45, 2.75) is 26.2 Å². The van der Waals surface area contributed by atoms with Crippen LogP contribution in [0.15, 0.2) is 91.0 Å². The molecule has 0 aliphatic heterocycles. The molecule has 0 spiro atoms. The van der Waals surface area contributed by atoms with E-state index in [2.05, 4.69) is 109 Å². The van der Waals surface area contributed by atoms with E-state index in [4.69, 9.17) is 11.2 Å². The third kappa shape index (κ3) is 7.73. The summed E-state index contributed by atoms with van der Waals surface area (Å²) in [6.45, 7) is 2.15. The molecule has 0 bridgehead atoms. The number of benzene rings is 3. The Morgan fingerprint density at radius 2 is 1.00 bits per heavy atom. The van der Waals surface area contributed by atoms with E-state index in [0.717, 1.165) is 43.5 Å². The van der Waals surface area contributed by atoms with Crippen molar-refractivity contribution in [3.05, 3.63) is 108 Å². The molecule has 0 radical (unpaired) electrons. The van der Waals surface area contributed by atoms with Crippen molar-refractivity contribution < 1.29 is 0 Å². The Bertz CT molecular complexity index is 868. The molecular weight excluding hydrogens is 435 g/mol. The molecule has 0 saturated carbocycles. The Balaban J connectivity index is 1.90. The fraction of sp³-hybridized carbons (Fsp3) is 0.286. The Labute approximate surface area is 197 Å². The second-order valence-electron chi connectivity index (χ2n) is 8.11. The van der Waals surface area contributed by atoms with Crippen molar-refractivity contribution in [1.29, 1.82) is 0 Å². The van der Waals surface area contributed by atoms with Crippen LogP contribution in [0.3, 0.4) is 0 Å². The summed E-state index contributed by atoms with van der Waals surface area (Å²) in [6, 6.07) is 32.2. The summed E-state index contributed by atoms with van der Waals surface area (Å²) in [5, 5.41) is 3.42. The van der Waals surface area contributed by atoms with Gasteiger partial charge in [0.1, 0.15) is 0 Å². The predicted octanol–water partition coefficient (Wildman–Crippen LogP) is 8.09. The zero-order valence-corrected chi connectivity index (χ0v) is 20.8. The van der Waals surface area contributed by atoms with E-state index in [1.54, 1.807) is 11.8 Å². The zero-order chi connectivity index (χ0) is 21.9. The number of rotatable bonds is 10. The number of halogens is 1. The fourth-order valence-corrected chi connectivity index (χ4v) is 9.52. The summed E-state index contributed by atoms with van der Waals surface area (Å²) in [5.74, 6) is -1.80. The van der Waals surface area contributed by atoms with Gasteiger partial charge < -0.3 is 0 Å². The van der Waals surface area contributed by atoms with E-state index in [0.29, 0.717) is 0 Å². The summed E-state index contributed by atoms with van der Waals surface area (Å²) in [4.78, 5) is 0. The maximum atomic E-state index is 7.83. The van der Waals surface area contributed by atoms with Crippen LogP contribution in [0.4, 0.5) is 0 Å². The first kappa shape index (κ1) is 23.9. The first-order valence-electron chi connectivity index (χ1n) is 11.1. The summed E-state index contributed by atoms with van der Waals surface area (Å²) in [6.07, 6.45) is 5.85. The van der Waals surface area contributed by atoms with Gasteiger partial charge in [0.15, 0.2) is 0 Å². The van der Waals surface area contributed by atoms with Gasteiger partial charge in [0, 0.05) is 0 Å². The molecule has 0 unspecified atom stereocenters. The number of hydrogen-bond acceptors (Lipinski definition) is 1. The van der Waals surface area contributed by atoms with E-state index >= 15 is 0 Å². The second-order valence-corrected chi connectivity index (χ2v) is 16.6. The number of thioether (sulfide) groups is 1. The molecule has 162 valence electrons. The monoisotopic (exact) mass is 466 g/mol. The van der Waals surface area contributed by atoms with Crippen molar-refractivity contribution in [1.82, 2.24) is 0 Å². The van der Waals surface area contributed by atoms with Gasteiger partial charge in [-0.25, -0.2) is 0 Å². The summed E-state index contributed by atoms with van der Waals surface area (Å²) < 4.78 is 0. The molecule has 3 aromatic rings. The summed E-state index contributed by atoms with van der Waals surface area (Å²) >= 11 is 9.51. The average molecular weight is 467 g/mol. The van der Waals surface area contributed by atoms with E-state index in [1.165, 1.54) is 16.7 Å². The van der Waals surface area contributed by atoms with E-state index in [-0.39, 0.29) is 0 Å². The minimum absolute atomic E-state index is 0.966. The van der Waals surface area contributed by atoms with Crippen molar-refractivity contribution in [2.24, 2.45) is 0 Å². The van der Waals surface area contributed by atoms with Crippen molar-refractivity contribution in [3.63, 3.8) is 0 Å². The molecule has 0 fully saturated rings. The van der Waals surface area contributed by atoms with Crippen LogP contribution in [0, 0.1) is 10.9 Å². The second kappa shape index (κ2) is 11.8. The van der Waals surface area contributed by atoms with Crippen LogP contribution in [0.2, 0.25) is 0 Å². The van der Waals surface area contributed by atoms with E-state index < -0.39 is 5.96 Å². The predicted molar refractivity (Wildman–Crippen MR) is 144 cm³/mol. The molecule has 3 rings (SSSR count). The molecule has 0 aliphatic rings. The SMILES string of the molecule is CCSC#CP(Cl)(CCc1ccccc1)(CCc1ccccc1)CCc1ccccc1. The van der Waals surface area contributed by atoms with Gasteiger partial charge in [-0.3, -0.25) is 0 Å². The quantitative estimate of drug-likeness (QED) is 0.215. The van der Waals surface area contributed by atoms with Gasteiger partial charge in [0.25, 0.3) is 0 Å². The van der Waals surface area contributed by atoms with Crippen molar-refractivity contribution >= 4 is 29.0 Å². The van der Waals surface area contributed by atoms with Gasteiger partial charge in [0.05, 0.1) is 0 Å². The minimum atomic E-state index is -2.79. The Hall–Kier alpha value is -1.71. The number of hydrogen-bond donors (Lipinski definition) is 0. The van der Waals surface area contributed by atoms with E-state index in [9.17, 15) is 0 Å². The molecule has 31 heavy (non-hydrogen) atoms. The van der Waals surface area contributed by atoms with Gasteiger partial charge in [-0.15, -0.1) is 0 Å². The summed E-state index contributed by atoms with van der Waals surface area (Å²) in [7, 11) is 0. The topological polar surface area (TPSA) is 0 Å². The molecule has 3 aromatic carbocycles. The van der Waals surface area contributed by atoms with Crippen LogP contribution < -0.4 is 0 Å². The van der Waals surface area contributed by atoms with Gasteiger partial charge in [-0.1, -0.05) is 0 Å². The molecule has 0 N–H and O–H groups in total. The molecular formula is C28H32ClPS. The Morgan fingerprint density at radius 3 is 1.32 bits per heavy atom. The van der Waals surface area contributed by atoms with Crippen LogP contribution in [0.1, 0.15) is 23.6 Å². The molecule has 0 aromatic heterocycles. The van der Waals surface area contributed by atoms with Gasteiger partial charge in [0.2, 0.25) is 0 Å². The first-order valence-corrected chi connectivity index (χ1v) is 15.8. The van der Waals surface area contributed by atoms with Crippen molar-refractivity contribution in [2.75, 3.05) is 24.2 Å². The molecule has 0 amide bonds.